The van der Waals surface area contributed by atoms with E-state index in [-0.39, 0.29) is 138 Å². The average Bonchev–Trinajstić information content (AvgIpc) is 1.60. The summed E-state index contributed by atoms with van der Waals surface area (Å²) in [7, 11) is 15.0. The maximum Gasteiger partial charge on any atom is 1.00 e. The molecule has 611 valence electrons. The van der Waals surface area contributed by atoms with E-state index in [4.69, 9.17) is 51.1 Å². The van der Waals surface area contributed by atoms with Crippen LogP contribution >= 0.6 is 74.7 Å². The van der Waals surface area contributed by atoms with E-state index in [2.05, 4.69) is 77.0 Å². The van der Waals surface area contributed by atoms with E-state index in [1.54, 1.807) is 37.8 Å². The fraction of sp³-hybridized carbons (Fsp3) is 0.215. The van der Waals surface area contributed by atoms with E-state index in [0.29, 0.717) is 17.7 Å². The number of cyclic esters (lactones) is 2. The number of esters is 5. The zero-order chi connectivity index (χ0) is 85.2. The van der Waals surface area contributed by atoms with Crippen molar-refractivity contribution in [3.05, 3.63) is 270 Å². The molecule has 1 unspecified atom stereocenters. The van der Waals surface area contributed by atoms with Crippen molar-refractivity contribution in [2.24, 2.45) is 21.1 Å². The topological polar surface area (TPSA) is 489 Å². The van der Waals surface area contributed by atoms with Gasteiger partial charge in [0.1, 0.15) is 77.4 Å². The van der Waals surface area contributed by atoms with E-state index in [1.807, 2.05) is 30.3 Å². The molecule has 0 bridgehead atoms. The molecule has 2 aliphatic rings. The van der Waals surface area contributed by atoms with Gasteiger partial charge >= 0.3 is 48.7 Å². The van der Waals surface area contributed by atoms with Crippen molar-refractivity contribution in [1.82, 2.24) is 49.2 Å². The number of Topliss-reactive ketones (excluding diaryl/α,β-unsaturated/α-hetero) is 1. The van der Waals surface area contributed by atoms with Gasteiger partial charge in [-0.25, -0.2) is 70.2 Å². The van der Waals surface area contributed by atoms with Gasteiger partial charge in [0.2, 0.25) is 0 Å². The summed E-state index contributed by atoms with van der Waals surface area (Å²) in [5.41, 5.74) is -3.93. The number of hydrogen-bond donors (Lipinski definition) is 1. The molecule has 38 nitrogen and oxygen atoms in total. The molecule has 116 heavy (non-hydrogen) atoms. The number of benzene rings is 6. The Bertz CT molecular complexity index is 5110. The number of aliphatic hydroxyl groups is 1. The first-order chi connectivity index (χ1) is 52.9. The van der Waals surface area contributed by atoms with Crippen LogP contribution in [0.25, 0.3) is 11.8 Å². The predicted molar refractivity (Wildman–Crippen MR) is 395 cm³/mol. The third-order valence-electron chi connectivity index (χ3n) is 14.2. The van der Waals surface area contributed by atoms with Gasteiger partial charge in [-0.3, -0.25) is 64.9 Å². The summed E-state index contributed by atoms with van der Waals surface area (Å²) in [6, 6.07) is 17.5. The van der Waals surface area contributed by atoms with Crippen LogP contribution < -0.4 is 23.6 Å². The van der Waals surface area contributed by atoms with E-state index in [1.165, 1.54) is 48.4 Å². The number of carbonyl (C=O) groups excluding carboxylic acids is 6. The number of nitro groups is 5. The number of fused-ring (bicyclic) bond motifs is 2. The first-order valence-corrected chi connectivity index (χ1v) is 33.0. The normalized spacial score (nSPS) is 11.5. The average molecular weight is 1860 g/mol. The molecule has 1 N–H and O–H groups in total. The number of ether oxygens (including phenoxy) is 6. The van der Waals surface area contributed by atoms with Crippen molar-refractivity contribution in [2.45, 2.75) is 34.8 Å². The van der Waals surface area contributed by atoms with Crippen LogP contribution in [0.3, 0.4) is 0 Å². The molecule has 0 aliphatic carbocycles. The standard InChI is InChI=1S/C13H11FN4O5.C12H7FN4O4.C9H7BrFNO4.C9H8FNO4.C8H4FNO4.C7H7O.C6H12N4O.CCl4.ClH.Li.Y/c1-17-11(15-6-16-17)5-10(19)12-8(13(20)23-2)3-7(14)4-9(12)18(21)22;1-16-10(14-5-15-16)4-9-11-7(12(18)21-9)2-6(13)3-8(11)17(19)20;1-16-9(13)6-2-5(11)3-8(12(14)15)7(6)4-10;1-5-7(9(12)15-2)3-6(10)4-8(5)11(13)14;9-4-1-5-6(3-14-8(5)11)7(2-4)10(12)13;1-8-7-5-3-2-4-6-7;1-9(2)6(11)5-7-4-8-10(5)3;2-1(3,4)5;;;/h3-4,6H,5H2,1-2H3;2-5H,1H3;2-3H,4H2,1H3;3-4H,1-2H3;1-2H,3H2;2-6H,1H2;4,6,11H,1-3H3;;1H;;/q;;;;;-1;;;;+1;/b;9-4-;;;;;;;;;. The Hall–Kier alpha value is -10.5. The Morgan fingerprint density at radius 2 is 1.07 bits per heavy atom. The van der Waals surface area contributed by atoms with Gasteiger partial charge in [-0.2, -0.15) is 22.4 Å². The molecular formula is C65H57BrCl5F5LiN15O23Y. The molecule has 0 saturated carbocycles. The molecule has 6 aromatic carbocycles. The van der Waals surface area contributed by atoms with Crippen LogP contribution in [0.5, 0.6) is 5.75 Å². The summed E-state index contributed by atoms with van der Waals surface area (Å²) < 4.78 is 95.9. The molecule has 3 aromatic heterocycles. The molecule has 0 saturated heterocycles. The van der Waals surface area contributed by atoms with Crippen molar-refractivity contribution < 1.29 is 160 Å². The molecular weight excluding hydrogens is 1810 g/mol. The smallest absolute Gasteiger partial charge is 0.665 e. The molecule has 5 heterocycles. The molecule has 1 atom stereocenters. The molecule has 1 radical (unpaired) electrons. The minimum atomic E-state index is -1.61. The van der Waals surface area contributed by atoms with Gasteiger partial charge in [-0.05, 0) is 63.5 Å². The number of rotatable bonds is 16. The number of nitrogens with zero attached hydrogens (tertiary/aromatic N) is 15. The van der Waals surface area contributed by atoms with Crippen LogP contribution in [0.15, 0.2) is 110 Å². The zero-order valence-electron chi connectivity index (χ0n) is 61.3. The second-order valence-corrected chi connectivity index (χ2v) is 25.7. The monoisotopic (exact) mass is 1860 g/mol. The predicted octanol–water partition coefficient (Wildman–Crippen LogP) is 9.45. The molecule has 0 fully saturated rings. The molecule has 9 aromatic rings. The molecule has 11 rings (SSSR count). The largest absolute Gasteiger partial charge is 1.00 e. The second-order valence-electron chi connectivity index (χ2n) is 21.7. The summed E-state index contributed by atoms with van der Waals surface area (Å²) in [6.07, 6.45) is 4.23. The van der Waals surface area contributed by atoms with Crippen LogP contribution in [0.2, 0.25) is 0 Å². The maximum atomic E-state index is 13.5. The van der Waals surface area contributed by atoms with E-state index in [9.17, 15) is 106 Å². The summed E-state index contributed by atoms with van der Waals surface area (Å²) >= 11 is 22.3. The first kappa shape index (κ1) is 104. The van der Waals surface area contributed by atoms with E-state index in [0.717, 1.165) is 81.7 Å². The van der Waals surface area contributed by atoms with Crippen LogP contribution in [0.4, 0.5) is 50.4 Å². The van der Waals surface area contributed by atoms with Crippen molar-refractivity contribution in [1.29, 1.82) is 0 Å². The SMILES string of the molecule is CN(C)C(O)c1ncnn1C.COC(=O)c1cc(F)cc([N+](=O)[O-])c1C.COC(=O)c1cc(F)cc([N+](=O)[O-])c1C(=O)Cc1ncnn1C.COC(=O)c1cc(F)cc([N+](=O)[O-])c1CBr.Cl.ClC(Cl)(Cl)Cl.Cn1ncnc1/C=C1\OC(=O)c2cc(F)cc([N+](=O)[O-])c21.O=C1OCc2c1cc(F)cc2[N+](=O)[O-].[CH2-]Oc1ccccc1.[Li+].[Y]. The van der Waals surface area contributed by atoms with Gasteiger partial charge in [-0.15, -0.1) is 12.4 Å². The Balaban J connectivity index is 0.000000679. The number of halogens is 11. The molecule has 0 spiro atoms. The molecule has 2 aliphatic heterocycles. The summed E-state index contributed by atoms with van der Waals surface area (Å²) in [5.74, 6) is -7.52. The van der Waals surface area contributed by atoms with Crippen LogP contribution in [-0.4, -0.2) is 153 Å². The summed E-state index contributed by atoms with van der Waals surface area (Å²) in [5, 5.41) is 74.8. The number of alkyl halides is 5. The number of hydrogen-bond acceptors (Lipinski definition) is 30. The number of carbonyl (C=O) groups is 6. The third kappa shape index (κ3) is 30.0. The Labute approximate surface area is 721 Å². The number of para-hydroxylation sites is 1. The Kier molecular flexibility index (Phi) is 43.0. The number of aliphatic hydroxyl groups excluding tert-OH is 1. The minimum Gasteiger partial charge on any atom is -0.665 e. The number of ketones is 1. The fourth-order valence-electron chi connectivity index (χ4n) is 9.04. The van der Waals surface area contributed by atoms with Crippen LogP contribution in [0, 0.1) is 93.7 Å². The van der Waals surface area contributed by atoms with Crippen molar-refractivity contribution in [3.8, 4) is 5.75 Å². The summed E-state index contributed by atoms with van der Waals surface area (Å²) in [6.45, 7) is 1.20. The van der Waals surface area contributed by atoms with E-state index < -0.39 is 138 Å². The second kappa shape index (κ2) is 48.1. The van der Waals surface area contributed by atoms with Gasteiger partial charge in [0.25, 0.3) is 31.7 Å². The van der Waals surface area contributed by atoms with Gasteiger partial charge in [0.05, 0.1) is 127 Å². The molecule has 0 amide bonds. The Morgan fingerprint density at radius 3 is 1.52 bits per heavy atom. The fourth-order valence-corrected chi connectivity index (χ4v) is 9.63. The quantitative estimate of drug-likeness (QED) is 0.00898. The zero-order valence-corrected chi connectivity index (χ0v) is 69.5. The van der Waals surface area contributed by atoms with E-state index >= 15 is 0 Å². The van der Waals surface area contributed by atoms with Crippen molar-refractivity contribution in [3.63, 3.8) is 0 Å². The van der Waals surface area contributed by atoms with Gasteiger partial charge < -0.3 is 33.5 Å². The number of aryl methyl sites for hydroxylation is 3. The van der Waals surface area contributed by atoms with Crippen molar-refractivity contribution >= 4 is 151 Å². The van der Waals surface area contributed by atoms with Crippen LogP contribution in [-0.2, 0) is 95.9 Å². The summed E-state index contributed by atoms with van der Waals surface area (Å²) in [4.78, 5) is 133. The number of methoxy groups -OCH3 is 3. The third-order valence-corrected chi connectivity index (χ3v) is 14.8. The van der Waals surface area contributed by atoms with Gasteiger partial charge in [0.15, 0.2) is 23.7 Å². The van der Waals surface area contributed by atoms with Gasteiger partial charge in [-0.1, -0.05) is 80.5 Å². The Morgan fingerprint density at radius 1 is 0.638 bits per heavy atom. The van der Waals surface area contributed by atoms with Crippen molar-refractivity contribution in [2.75, 3.05) is 35.4 Å². The first-order valence-electron chi connectivity index (χ1n) is 30.3. The number of nitro benzene ring substituents is 5. The molecule has 51 heteroatoms. The van der Waals surface area contributed by atoms with Gasteiger partial charge in [0, 0.05) is 70.8 Å². The maximum absolute atomic E-state index is 13.5. The van der Waals surface area contributed by atoms with Crippen LogP contribution in [0.1, 0.15) is 108 Å². The number of aromatic nitrogens is 9. The minimum absolute atomic E-state index is 0.